The number of sulfonamides is 1. The van der Waals surface area contributed by atoms with E-state index in [1.54, 1.807) is 19.1 Å². The summed E-state index contributed by atoms with van der Waals surface area (Å²) in [6.45, 7) is 1.67. The first-order valence-corrected chi connectivity index (χ1v) is 7.39. The fourth-order valence-corrected chi connectivity index (χ4v) is 2.43. The number of anilines is 1. The number of aryl methyl sites for hydroxylation is 1. The molecule has 0 bridgehead atoms. The molecule has 0 aliphatic rings. The fourth-order valence-electron chi connectivity index (χ4n) is 1.75. The molecule has 2 rings (SSSR count). The van der Waals surface area contributed by atoms with Crippen LogP contribution in [-0.4, -0.2) is 19.3 Å². The standard InChI is InChI=1S/C13H12FN3O3S/c1-8-3-2-6-16-12(8)13(18)17-10-7-9(14)4-5-11(10)21(15,19)20/h2-7H,1H3,(H,17,18)(H2,15,19,20). The van der Waals surface area contributed by atoms with E-state index in [0.29, 0.717) is 5.56 Å². The molecule has 1 aromatic heterocycles. The van der Waals surface area contributed by atoms with E-state index >= 15 is 0 Å². The lowest BCUT2D eigenvalue weighted by atomic mass is 10.2. The van der Waals surface area contributed by atoms with Gasteiger partial charge >= 0.3 is 0 Å². The summed E-state index contributed by atoms with van der Waals surface area (Å²) in [7, 11) is -4.09. The van der Waals surface area contributed by atoms with Gasteiger partial charge in [0.15, 0.2) is 0 Å². The summed E-state index contributed by atoms with van der Waals surface area (Å²) in [5.41, 5.74) is 0.484. The van der Waals surface area contributed by atoms with Gasteiger partial charge in [-0.05, 0) is 36.8 Å². The topological polar surface area (TPSA) is 102 Å². The minimum atomic E-state index is -4.09. The number of primary sulfonamides is 1. The summed E-state index contributed by atoms with van der Waals surface area (Å²) in [6.07, 6.45) is 1.42. The normalized spacial score (nSPS) is 11.2. The number of nitrogens with one attached hydrogen (secondary N) is 1. The Morgan fingerprint density at radius 3 is 2.67 bits per heavy atom. The number of benzene rings is 1. The number of hydrogen-bond acceptors (Lipinski definition) is 4. The highest BCUT2D eigenvalue weighted by atomic mass is 32.2. The highest BCUT2D eigenvalue weighted by Crippen LogP contribution is 2.22. The van der Waals surface area contributed by atoms with Crippen molar-refractivity contribution >= 4 is 21.6 Å². The number of pyridine rings is 1. The zero-order valence-electron chi connectivity index (χ0n) is 11.0. The smallest absolute Gasteiger partial charge is 0.274 e. The van der Waals surface area contributed by atoms with Crippen molar-refractivity contribution in [2.75, 3.05) is 5.32 Å². The molecule has 110 valence electrons. The molecule has 3 N–H and O–H groups in total. The van der Waals surface area contributed by atoms with Gasteiger partial charge in [0.1, 0.15) is 16.4 Å². The average molecular weight is 309 g/mol. The van der Waals surface area contributed by atoms with Crippen LogP contribution in [0.1, 0.15) is 16.1 Å². The van der Waals surface area contributed by atoms with Crippen LogP contribution in [0.5, 0.6) is 0 Å². The molecule has 0 aliphatic heterocycles. The van der Waals surface area contributed by atoms with Crippen molar-refractivity contribution in [3.8, 4) is 0 Å². The Morgan fingerprint density at radius 2 is 2.05 bits per heavy atom. The van der Waals surface area contributed by atoms with Crippen LogP contribution in [0, 0.1) is 12.7 Å². The number of amides is 1. The lowest BCUT2D eigenvalue weighted by Gasteiger charge is -2.10. The second-order valence-corrected chi connectivity index (χ2v) is 5.84. The zero-order valence-corrected chi connectivity index (χ0v) is 11.8. The van der Waals surface area contributed by atoms with E-state index in [2.05, 4.69) is 10.3 Å². The summed E-state index contributed by atoms with van der Waals surface area (Å²) < 4.78 is 36.1. The number of carbonyl (C=O) groups is 1. The molecule has 0 fully saturated rings. The minimum absolute atomic E-state index is 0.113. The van der Waals surface area contributed by atoms with Gasteiger partial charge in [0.05, 0.1) is 5.69 Å². The Balaban J connectivity index is 2.43. The third kappa shape index (κ3) is 3.41. The first kappa shape index (κ1) is 15.1. The van der Waals surface area contributed by atoms with Crippen molar-refractivity contribution in [2.45, 2.75) is 11.8 Å². The van der Waals surface area contributed by atoms with Crippen molar-refractivity contribution in [2.24, 2.45) is 5.14 Å². The summed E-state index contributed by atoms with van der Waals surface area (Å²) in [5, 5.41) is 7.35. The Bertz CT molecular complexity index is 806. The Hall–Kier alpha value is -2.32. The van der Waals surface area contributed by atoms with Crippen molar-refractivity contribution in [1.29, 1.82) is 0 Å². The van der Waals surface area contributed by atoms with E-state index in [9.17, 15) is 17.6 Å². The number of rotatable bonds is 3. The van der Waals surface area contributed by atoms with E-state index in [4.69, 9.17) is 5.14 Å². The number of hydrogen-bond donors (Lipinski definition) is 2. The Kier molecular flexibility index (Phi) is 4.01. The summed E-state index contributed by atoms with van der Waals surface area (Å²) in [5.74, 6) is -1.35. The predicted octanol–water partition coefficient (Wildman–Crippen LogP) is 1.43. The van der Waals surface area contributed by atoms with Crippen LogP contribution < -0.4 is 10.5 Å². The summed E-state index contributed by atoms with van der Waals surface area (Å²) >= 11 is 0. The second kappa shape index (κ2) is 5.58. The molecule has 0 saturated heterocycles. The van der Waals surface area contributed by atoms with Crippen molar-refractivity contribution in [1.82, 2.24) is 4.98 Å². The first-order valence-electron chi connectivity index (χ1n) is 5.84. The highest BCUT2D eigenvalue weighted by molar-refractivity contribution is 7.89. The molecule has 1 aromatic carbocycles. The molecule has 0 saturated carbocycles. The summed E-state index contributed by atoms with van der Waals surface area (Å²) in [4.78, 5) is 15.6. The van der Waals surface area contributed by atoms with E-state index < -0.39 is 21.7 Å². The van der Waals surface area contributed by atoms with Gasteiger partial charge in [0, 0.05) is 6.20 Å². The van der Waals surface area contributed by atoms with Crippen LogP contribution in [0.15, 0.2) is 41.4 Å². The molecule has 0 atom stereocenters. The van der Waals surface area contributed by atoms with Crippen molar-refractivity contribution in [3.05, 3.63) is 53.6 Å². The van der Waals surface area contributed by atoms with Crippen molar-refractivity contribution in [3.63, 3.8) is 0 Å². The zero-order chi connectivity index (χ0) is 15.6. The third-order valence-electron chi connectivity index (χ3n) is 2.72. The fraction of sp³-hybridized carbons (Fsp3) is 0.0769. The maximum Gasteiger partial charge on any atom is 0.274 e. The van der Waals surface area contributed by atoms with Crippen LogP contribution in [0.4, 0.5) is 10.1 Å². The molecule has 0 spiro atoms. The molecule has 1 heterocycles. The van der Waals surface area contributed by atoms with E-state index in [1.807, 2.05) is 0 Å². The molecule has 21 heavy (non-hydrogen) atoms. The predicted molar refractivity (Wildman–Crippen MR) is 74.7 cm³/mol. The highest BCUT2D eigenvalue weighted by Gasteiger charge is 2.18. The number of halogens is 1. The number of aromatic nitrogens is 1. The van der Waals surface area contributed by atoms with Crippen molar-refractivity contribution < 1.29 is 17.6 Å². The van der Waals surface area contributed by atoms with Gasteiger partial charge in [-0.2, -0.15) is 0 Å². The Morgan fingerprint density at radius 1 is 1.33 bits per heavy atom. The maximum absolute atomic E-state index is 13.3. The molecule has 0 unspecified atom stereocenters. The average Bonchev–Trinajstić information content (AvgIpc) is 2.37. The SMILES string of the molecule is Cc1cccnc1C(=O)Nc1cc(F)ccc1S(N)(=O)=O. The number of carbonyl (C=O) groups excluding carboxylic acids is 1. The Labute approximate surface area is 120 Å². The van der Waals surface area contributed by atoms with E-state index in [-0.39, 0.29) is 16.3 Å². The van der Waals surface area contributed by atoms with Crippen LogP contribution in [-0.2, 0) is 10.0 Å². The van der Waals surface area contributed by atoms with Gasteiger partial charge in [-0.25, -0.2) is 17.9 Å². The van der Waals surface area contributed by atoms with Crippen LogP contribution in [0.3, 0.4) is 0 Å². The van der Waals surface area contributed by atoms with Gasteiger partial charge in [0.25, 0.3) is 5.91 Å². The lowest BCUT2D eigenvalue weighted by Crippen LogP contribution is -2.20. The van der Waals surface area contributed by atoms with Gasteiger partial charge in [-0.15, -0.1) is 0 Å². The summed E-state index contributed by atoms with van der Waals surface area (Å²) in [6, 6.07) is 6.15. The van der Waals surface area contributed by atoms with E-state index in [0.717, 1.165) is 18.2 Å². The van der Waals surface area contributed by atoms with Crippen LogP contribution in [0.2, 0.25) is 0 Å². The maximum atomic E-state index is 13.3. The molecule has 2 aromatic rings. The molecule has 8 heteroatoms. The molecule has 6 nitrogen and oxygen atoms in total. The first-order chi connectivity index (χ1) is 9.79. The lowest BCUT2D eigenvalue weighted by molar-refractivity contribution is 0.102. The minimum Gasteiger partial charge on any atom is -0.319 e. The molecule has 0 radical (unpaired) electrons. The van der Waals surface area contributed by atoms with Crippen LogP contribution >= 0.6 is 0 Å². The molecular weight excluding hydrogens is 297 g/mol. The van der Waals surface area contributed by atoms with E-state index in [1.165, 1.54) is 6.20 Å². The molecule has 1 amide bonds. The monoisotopic (exact) mass is 309 g/mol. The van der Waals surface area contributed by atoms with Gasteiger partial charge in [-0.3, -0.25) is 9.78 Å². The third-order valence-corrected chi connectivity index (χ3v) is 3.69. The second-order valence-electron chi connectivity index (χ2n) is 4.31. The van der Waals surface area contributed by atoms with Crippen LogP contribution in [0.25, 0.3) is 0 Å². The van der Waals surface area contributed by atoms with Gasteiger partial charge in [0.2, 0.25) is 10.0 Å². The van der Waals surface area contributed by atoms with Gasteiger partial charge in [-0.1, -0.05) is 6.07 Å². The number of nitrogens with two attached hydrogens (primary N) is 1. The van der Waals surface area contributed by atoms with Gasteiger partial charge < -0.3 is 5.32 Å². The largest absolute Gasteiger partial charge is 0.319 e. The molecule has 0 aliphatic carbocycles. The molecular formula is C13H12FN3O3S. The quantitative estimate of drug-likeness (QED) is 0.895. The number of nitrogens with zero attached hydrogens (tertiary/aromatic N) is 1.